The van der Waals surface area contributed by atoms with Crippen molar-refractivity contribution in [3.8, 4) is 0 Å². The fraction of sp³-hybridized carbons (Fsp3) is 0.548. The lowest BCUT2D eigenvalue weighted by Crippen LogP contribution is -2.68. The van der Waals surface area contributed by atoms with Gasteiger partial charge in [0.2, 0.25) is 5.91 Å². The SMILES string of the molecule is COC(=O)C1(NC(=O)C2CCCC(O[Si](c3ccccc3)(c3ccccc3)C(C)(C)C)C2)CCCCC1. The Kier molecular flexibility index (Phi) is 8.59. The molecule has 2 atom stereocenters. The molecule has 0 spiro atoms. The first-order valence-corrected chi connectivity index (χ1v) is 15.8. The molecule has 2 aromatic carbocycles. The van der Waals surface area contributed by atoms with E-state index in [1.807, 2.05) is 0 Å². The largest absolute Gasteiger partial charge is 0.467 e. The predicted molar refractivity (Wildman–Crippen MR) is 150 cm³/mol. The molecule has 37 heavy (non-hydrogen) atoms. The molecule has 1 amide bonds. The number of methoxy groups -OCH3 is 1. The molecule has 0 aromatic heterocycles. The lowest BCUT2D eigenvalue weighted by atomic mass is 9.80. The maximum absolute atomic E-state index is 13.6. The molecule has 2 unspecified atom stereocenters. The lowest BCUT2D eigenvalue weighted by Gasteiger charge is -2.46. The van der Waals surface area contributed by atoms with Gasteiger partial charge in [0.05, 0.1) is 7.11 Å². The summed E-state index contributed by atoms with van der Waals surface area (Å²) in [5.41, 5.74) is -0.879. The number of amides is 1. The predicted octanol–water partition coefficient (Wildman–Crippen LogP) is 5.11. The second-order valence-corrected chi connectivity index (χ2v) is 16.1. The van der Waals surface area contributed by atoms with Crippen molar-refractivity contribution in [2.24, 2.45) is 5.92 Å². The number of benzene rings is 2. The molecule has 2 saturated carbocycles. The molecule has 0 saturated heterocycles. The summed E-state index contributed by atoms with van der Waals surface area (Å²) in [6, 6.07) is 21.3. The summed E-state index contributed by atoms with van der Waals surface area (Å²) < 4.78 is 12.5. The van der Waals surface area contributed by atoms with Gasteiger partial charge in [-0.1, -0.05) is 107 Å². The van der Waals surface area contributed by atoms with Gasteiger partial charge in [-0.25, -0.2) is 4.79 Å². The molecule has 200 valence electrons. The van der Waals surface area contributed by atoms with E-state index in [9.17, 15) is 9.59 Å². The summed E-state index contributed by atoms with van der Waals surface area (Å²) >= 11 is 0. The highest BCUT2D eigenvalue weighted by molar-refractivity contribution is 6.99. The summed E-state index contributed by atoms with van der Waals surface area (Å²) in [6.45, 7) is 6.86. The zero-order chi connectivity index (χ0) is 26.5. The van der Waals surface area contributed by atoms with Gasteiger partial charge in [-0.15, -0.1) is 0 Å². The van der Waals surface area contributed by atoms with Crippen LogP contribution in [-0.4, -0.2) is 38.9 Å². The van der Waals surface area contributed by atoms with Gasteiger partial charge >= 0.3 is 5.97 Å². The van der Waals surface area contributed by atoms with Crippen molar-refractivity contribution in [2.75, 3.05) is 7.11 Å². The Morgan fingerprint density at radius 1 is 0.865 bits per heavy atom. The first-order valence-electron chi connectivity index (χ1n) is 13.9. The van der Waals surface area contributed by atoms with E-state index in [-0.39, 0.29) is 28.9 Å². The van der Waals surface area contributed by atoms with E-state index in [0.717, 1.165) is 38.5 Å². The van der Waals surface area contributed by atoms with Gasteiger partial charge in [-0.05, 0) is 47.5 Å². The molecule has 2 aromatic rings. The molecule has 0 bridgehead atoms. The van der Waals surface area contributed by atoms with Crippen LogP contribution < -0.4 is 15.7 Å². The van der Waals surface area contributed by atoms with Gasteiger partial charge in [-0.3, -0.25) is 4.79 Å². The third-order valence-electron chi connectivity index (χ3n) is 8.40. The van der Waals surface area contributed by atoms with E-state index in [4.69, 9.17) is 9.16 Å². The molecule has 6 heteroatoms. The van der Waals surface area contributed by atoms with Gasteiger partial charge in [0, 0.05) is 12.0 Å². The van der Waals surface area contributed by atoms with Crippen molar-refractivity contribution in [1.29, 1.82) is 0 Å². The molecule has 0 aliphatic heterocycles. The highest BCUT2D eigenvalue weighted by Gasteiger charge is 2.52. The monoisotopic (exact) mass is 521 g/mol. The van der Waals surface area contributed by atoms with Crippen molar-refractivity contribution in [3.05, 3.63) is 60.7 Å². The number of hydrogen-bond donors (Lipinski definition) is 1. The summed E-state index contributed by atoms with van der Waals surface area (Å²) in [6.07, 6.45) is 7.61. The molecule has 2 fully saturated rings. The van der Waals surface area contributed by atoms with Crippen molar-refractivity contribution in [2.45, 2.75) is 95.2 Å². The summed E-state index contributed by atoms with van der Waals surface area (Å²) in [5.74, 6) is -0.500. The minimum Gasteiger partial charge on any atom is -0.467 e. The Labute approximate surface area is 223 Å². The van der Waals surface area contributed by atoms with Crippen LogP contribution in [0.15, 0.2) is 60.7 Å². The first kappa shape index (κ1) is 27.6. The zero-order valence-electron chi connectivity index (χ0n) is 22.9. The molecule has 5 nitrogen and oxygen atoms in total. The van der Waals surface area contributed by atoms with Gasteiger partial charge in [0.1, 0.15) is 5.54 Å². The van der Waals surface area contributed by atoms with Crippen LogP contribution in [0.2, 0.25) is 5.04 Å². The van der Waals surface area contributed by atoms with E-state index in [0.29, 0.717) is 19.3 Å². The van der Waals surface area contributed by atoms with Crippen LogP contribution in [0.25, 0.3) is 0 Å². The minimum atomic E-state index is -2.69. The van der Waals surface area contributed by atoms with Gasteiger partial charge in [-0.2, -0.15) is 0 Å². The first-order chi connectivity index (χ1) is 17.7. The fourth-order valence-corrected chi connectivity index (χ4v) is 11.2. The van der Waals surface area contributed by atoms with Crippen molar-refractivity contribution < 1.29 is 18.8 Å². The zero-order valence-corrected chi connectivity index (χ0v) is 23.9. The van der Waals surface area contributed by atoms with Gasteiger partial charge in [0.15, 0.2) is 0 Å². The summed E-state index contributed by atoms with van der Waals surface area (Å²) in [5, 5.41) is 5.58. The van der Waals surface area contributed by atoms with E-state index < -0.39 is 13.9 Å². The van der Waals surface area contributed by atoms with Crippen LogP contribution >= 0.6 is 0 Å². The fourth-order valence-electron chi connectivity index (χ4n) is 6.50. The summed E-state index contributed by atoms with van der Waals surface area (Å²) in [7, 11) is -1.27. The molecular formula is C31H43NO4Si. The quantitative estimate of drug-likeness (QED) is 0.406. The lowest BCUT2D eigenvalue weighted by molar-refractivity contribution is -0.153. The minimum absolute atomic E-state index is 0.0174. The van der Waals surface area contributed by atoms with Crippen LogP contribution in [0.4, 0.5) is 0 Å². The number of hydrogen-bond acceptors (Lipinski definition) is 4. The Balaban J connectivity index is 1.60. The van der Waals surface area contributed by atoms with E-state index in [1.54, 1.807) is 0 Å². The third kappa shape index (κ3) is 5.70. The summed E-state index contributed by atoms with van der Waals surface area (Å²) in [4.78, 5) is 26.3. The highest BCUT2D eigenvalue weighted by atomic mass is 28.4. The second kappa shape index (κ2) is 11.5. The molecule has 2 aliphatic rings. The third-order valence-corrected chi connectivity index (χ3v) is 13.5. The Hall–Kier alpha value is -2.44. The number of carbonyl (C=O) groups is 2. The molecular weight excluding hydrogens is 478 g/mol. The van der Waals surface area contributed by atoms with Crippen molar-refractivity contribution in [3.63, 3.8) is 0 Å². The number of nitrogens with one attached hydrogen (secondary N) is 1. The van der Waals surface area contributed by atoms with Gasteiger partial charge in [0.25, 0.3) is 8.32 Å². The highest BCUT2D eigenvalue weighted by Crippen LogP contribution is 2.40. The maximum atomic E-state index is 13.6. The number of esters is 1. The van der Waals surface area contributed by atoms with Crippen LogP contribution in [0.5, 0.6) is 0 Å². The normalized spacial score (nSPS) is 22.2. The smallest absolute Gasteiger partial charge is 0.331 e. The van der Waals surface area contributed by atoms with Crippen LogP contribution in [0.3, 0.4) is 0 Å². The average Bonchev–Trinajstić information content (AvgIpc) is 2.92. The van der Waals surface area contributed by atoms with Crippen molar-refractivity contribution in [1.82, 2.24) is 5.32 Å². The van der Waals surface area contributed by atoms with Crippen molar-refractivity contribution >= 4 is 30.6 Å². The van der Waals surface area contributed by atoms with E-state index in [1.165, 1.54) is 17.5 Å². The molecule has 0 radical (unpaired) electrons. The topological polar surface area (TPSA) is 64.6 Å². The maximum Gasteiger partial charge on any atom is 0.331 e. The molecule has 2 aliphatic carbocycles. The molecule has 4 rings (SSSR count). The molecule has 1 N–H and O–H groups in total. The number of rotatable bonds is 7. The standard InChI is InChI=1S/C31H43NO4Si/c1-30(2,3)37(26-17-8-5-9-18-26,27-19-10-6-11-20-27)36-25-16-14-15-24(23-25)28(33)32-31(29(34)35-4)21-12-7-13-22-31/h5-6,8-11,17-20,24-25H,7,12-16,21-23H2,1-4H3,(H,32,33). The van der Waals surface area contributed by atoms with E-state index >= 15 is 0 Å². The number of ether oxygens (including phenoxy) is 1. The van der Waals surface area contributed by atoms with Gasteiger partial charge < -0.3 is 14.5 Å². The number of carbonyl (C=O) groups excluding carboxylic acids is 2. The van der Waals surface area contributed by atoms with E-state index in [2.05, 4.69) is 86.8 Å². The molecule has 0 heterocycles. The Bertz CT molecular complexity index is 1000. The van der Waals surface area contributed by atoms with Crippen LogP contribution in [-0.2, 0) is 18.8 Å². The Morgan fingerprint density at radius 2 is 1.43 bits per heavy atom. The van der Waals surface area contributed by atoms with Crippen LogP contribution in [0, 0.1) is 5.92 Å². The van der Waals surface area contributed by atoms with Crippen LogP contribution in [0.1, 0.15) is 78.6 Å². The average molecular weight is 522 g/mol. The Morgan fingerprint density at radius 3 is 1.95 bits per heavy atom. The second-order valence-electron chi connectivity index (χ2n) is 11.9.